The van der Waals surface area contributed by atoms with Crippen LogP contribution in [0.2, 0.25) is 0 Å². The summed E-state index contributed by atoms with van der Waals surface area (Å²) in [5.41, 5.74) is 7.04. The molecule has 2 atom stereocenters. The third-order valence-electron chi connectivity index (χ3n) is 4.21. The number of benzene rings is 1. The molecule has 4 nitrogen and oxygen atoms in total. The normalized spacial score (nSPS) is 26.2. The summed E-state index contributed by atoms with van der Waals surface area (Å²) in [4.78, 5) is 12.2. The molecule has 0 spiro atoms. The van der Waals surface area contributed by atoms with Crippen molar-refractivity contribution in [3.63, 3.8) is 0 Å². The molecule has 0 saturated heterocycles. The van der Waals surface area contributed by atoms with Crippen molar-refractivity contribution in [3.8, 4) is 0 Å². The Hall–Kier alpha value is -1.55. The van der Waals surface area contributed by atoms with Gasteiger partial charge in [-0.3, -0.25) is 4.79 Å². The molecule has 2 rings (SSSR count). The summed E-state index contributed by atoms with van der Waals surface area (Å²) in [5.74, 6) is 0.299. The van der Waals surface area contributed by atoms with E-state index in [-0.39, 0.29) is 5.91 Å². The van der Waals surface area contributed by atoms with Gasteiger partial charge in [0.1, 0.15) is 0 Å². The summed E-state index contributed by atoms with van der Waals surface area (Å²) >= 11 is 0. The van der Waals surface area contributed by atoms with Gasteiger partial charge in [0.25, 0.3) is 5.91 Å². The van der Waals surface area contributed by atoms with Crippen LogP contribution in [0.4, 0.5) is 5.69 Å². The number of rotatable bonds is 3. The van der Waals surface area contributed by atoms with E-state index in [1.165, 1.54) is 0 Å². The quantitative estimate of drug-likeness (QED) is 0.741. The molecule has 4 heteroatoms. The van der Waals surface area contributed by atoms with Crippen LogP contribution in [-0.4, -0.2) is 23.2 Å². The van der Waals surface area contributed by atoms with Crippen molar-refractivity contribution < 1.29 is 9.90 Å². The lowest BCUT2D eigenvalue weighted by atomic mass is 9.79. The van der Waals surface area contributed by atoms with Crippen molar-refractivity contribution in [1.29, 1.82) is 0 Å². The van der Waals surface area contributed by atoms with Crippen molar-refractivity contribution in [2.45, 2.75) is 45.1 Å². The SMILES string of the molecule is Cc1cccc(C(=O)NCC2(O)CCCC(C)C2)c1N. The van der Waals surface area contributed by atoms with Crippen LogP contribution in [0.5, 0.6) is 0 Å². The molecule has 20 heavy (non-hydrogen) atoms. The number of nitrogen functional groups attached to an aromatic ring is 1. The highest BCUT2D eigenvalue weighted by atomic mass is 16.3. The maximum atomic E-state index is 12.2. The highest BCUT2D eigenvalue weighted by molar-refractivity contribution is 5.99. The van der Waals surface area contributed by atoms with Crippen LogP contribution in [0.1, 0.15) is 48.5 Å². The van der Waals surface area contributed by atoms with Gasteiger partial charge >= 0.3 is 0 Å². The second-order valence-electron chi connectivity index (χ2n) is 6.14. The summed E-state index contributed by atoms with van der Waals surface area (Å²) in [5, 5.41) is 13.3. The average Bonchev–Trinajstić information content (AvgIpc) is 2.39. The number of nitrogens with one attached hydrogen (secondary N) is 1. The molecule has 1 aromatic carbocycles. The molecule has 110 valence electrons. The Balaban J connectivity index is 2.00. The lowest BCUT2D eigenvalue weighted by Gasteiger charge is -2.35. The molecule has 1 aliphatic carbocycles. The van der Waals surface area contributed by atoms with Gasteiger partial charge in [-0.25, -0.2) is 0 Å². The molecule has 0 radical (unpaired) electrons. The molecule has 1 amide bonds. The smallest absolute Gasteiger partial charge is 0.253 e. The minimum atomic E-state index is -0.772. The van der Waals surface area contributed by atoms with Crippen LogP contribution in [0.3, 0.4) is 0 Å². The van der Waals surface area contributed by atoms with Gasteiger partial charge in [-0.1, -0.05) is 31.9 Å². The molecule has 4 N–H and O–H groups in total. The summed E-state index contributed by atoms with van der Waals surface area (Å²) in [6.07, 6.45) is 3.67. The molecule has 0 heterocycles. The third kappa shape index (κ3) is 3.31. The van der Waals surface area contributed by atoms with Crippen LogP contribution in [-0.2, 0) is 0 Å². The van der Waals surface area contributed by atoms with E-state index in [0.717, 1.165) is 31.2 Å². The Morgan fingerprint density at radius 3 is 3.00 bits per heavy atom. The molecule has 1 aliphatic rings. The van der Waals surface area contributed by atoms with Crippen LogP contribution < -0.4 is 11.1 Å². The number of hydrogen-bond donors (Lipinski definition) is 3. The van der Waals surface area contributed by atoms with Gasteiger partial charge in [0.05, 0.1) is 11.2 Å². The molecular formula is C16H24N2O2. The van der Waals surface area contributed by atoms with Crippen molar-refractivity contribution in [2.24, 2.45) is 5.92 Å². The zero-order valence-corrected chi connectivity index (χ0v) is 12.3. The Morgan fingerprint density at radius 2 is 2.30 bits per heavy atom. The first kappa shape index (κ1) is 14.9. The Bertz CT molecular complexity index is 501. The van der Waals surface area contributed by atoms with Gasteiger partial charge in [-0.2, -0.15) is 0 Å². The second kappa shape index (κ2) is 5.83. The number of anilines is 1. The number of nitrogens with two attached hydrogens (primary N) is 1. The summed E-state index contributed by atoms with van der Waals surface area (Å²) in [7, 11) is 0. The molecule has 1 aromatic rings. The first-order chi connectivity index (χ1) is 9.41. The lowest BCUT2D eigenvalue weighted by molar-refractivity contribution is -0.0109. The standard InChI is InChI=1S/C16H24N2O2/c1-11-5-4-8-16(20,9-11)10-18-15(19)13-7-3-6-12(2)14(13)17/h3,6-7,11,20H,4-5,8-10,17H2,1-2H3,(H,18,19). The predicted octanol–water partition coefficient (Wildman–Crippen LogP) is 2.25. The zero-order chi connectivity index (χ0) is 14.8. The topological polar surface area (TPSA) is 75.3 Å². The van der Waals surface area contributed by atoms with Crippen LogP contribution in [0.15, 0.2) is 18.2 Å². The Labute approximate surface area is 120 Å². The first-order valence-corrected chi connectivity index (χ1v) is 7.27. The number of aliphatic hydroxyl groups is 1. The summed E-state index contributed by atoms with van der Waals surface area (Å²) in [6, 6.07) is 5.41. The Morgan fingerprint density at radius 1 is 1.55 bits per heavy atom. The maximum Gasteiger partial charge on any atom is 0.253 e. The molecule has 2 unspecified atom stereocenters. The van der Waals surface area contributed by atoms with Gasteiger partial charge in [0.2, 0.25) is 0 Å². The number of aryl methyl sites for hydroxylation is 1. The third-order valence-corrected chi connectivity index (χ3v) is 4.21. The van der Waals surface area contributed by atoms with E-state index in [9.17, 15) is 9.90 Å². The van der Waals surface area contributed by atoms with Crippen LogP contribution >= 0.6 is 0 Å². The van der Waals surface area contributed by atoms with E-state index in [1.807, 2.05) is 19.1 Å². The lowest BCUT2D eigenvalue weighted by Crippen LogP contribution is -2.45. The fourth-order valence-corrected chi connectivity index (χ4v) is 3.01. The number of carbonyl (C=O) groups excluding carboxylic acids is 1. The highest BCUT2D eigenvalue weighted by Gasteiger charge is 2.33. The maximum absolute atomic E-state index is 12.2. The minimum Gasteiger partial charge on any atom is -0.398 e. The van der Waals surface area contributed by atoms with Gasteiger partial charge in [0, 0.05) is 12.2 Å². The predicted molar refractivity (Wildman–Crippen MR) is 80.5 cm³/mol. The molecule has 0 aromatic heterocycles. The van der Waals surface area contributed by atoms with Gasteiger partial charge in [-0.05, 0) is 37.3 Å². The highest BCUT2D eigenvalue weighted by Crippen LogP contribution is 2.31. The number of carbonyl (C=O) groups is 1. The second-order valence-corrected chi connectivity index (χ2v) is 6.14. The van der Waals surface area contributed by atoms with E-state index < -0.39 is 5.60 Å². The van der Waals surface area contributed by atoms with Gasteiger partial charge < -0.3 is 16.2 Å². The van der Waals surface area contributed by atoms with Crippen molar-refractivity contribution in [1.82, 2.24) is 5.32 Å². The first-order valence-electron chi connectivity index (χ1n) is 7.27. The number of para-hydroxylation sites is 1. The van der Waals surface area contributed by atoms with E-state index in [0.29, 0.717) is 23.7 Å². The van der Waals surface area contributed by atoms with E-state index in [4.69, 9.17) is 5.73 Å². The van der Waals surface area contributed by atoms with E-state index in [1.54, 1.807) is 6.07 Å². The van der Waals surface area contributed by atoms with Gasteiger partial charge in [-0.15, -0.1) is 0 Å². The average molecular weight is 276 g/mol. The van der Waals surface area contributed by atoms with Crippen molar-refractivity contribution >= 4 is 11.6 Å². The van der Waals surface area contributed by atoms with Gasteiger partial charge in [0.15, 0.2) is 0 Å². The van der Waals surface area contributed by atoms with E-state index >= 15 is 0 Å². The minimum absolute atomic E-state index is 0.210. The van der Waals surface area contributed by atoms with Crippen LogP contribution in [0.25, 0.3) is 0 Å². The molecular weight excluding hydrogens is 252 g/mol. The Kier molecular flexibility index (Phi) is 4.33. The van der Waals surface area contributed by atoms with Crippen molar-refractivity contribution in [2.75, 3.05) is 12.3 Å². The fraction of sp³-hybridized carbons (Fsp3) is 0.562. The van der Waals surface area contributed by atoms with Crippen LogP contribution in [0, 0.1) is 12.8 Å². The zero-order valence-electron chi connectivity index (χ0n) is 12.3. The van der Waals surface area contributed by atoms with E-state index in [2.05, 4.69) is 12.2 Å². The fourth-order valence-electron chi connectivity index (χ4n) is 3.01. The molecule has 0 aliphatic heterocycles. The monoisotopic (exact) mass is 276 g/mol. The molecule has 1 fully saturated rings. The van der Waals surface area contributed by atoms with Crippen molar-refractivity contribution in [3.05, 3.63) is 29.3 Å². The summed E-state index contributed by atoms with van der Waals surface area (Å²) < 4.78 is 0. The largest absolute Gasteiger partial charge is 0.398 e. The number of hydrogen-bond acceptors (Lipinski definition) is 3. The molecule has 1 saturated carbocycles. The summed E-state index contributed by atoms with van der Waals surface area (Å²) in [6.45, 7) is 4.32. The number of amides is 1. The molecule has 0 bridgehead atoms.